The Bertz CT molecular complexity index is 687. The summed E-state index contributed by atoms with van der Waals surface area (Å²) < 4.78 is 0. The molecule has 2 aromatic rings. The van der Waals surface area contributed by atoms with Crippen LogP contribution in [0.15, 0.2) is 36.4 Å². The number of rotatable bonds is 7. The lowest BCUT2D eigenvalue weighted by atomic mass is 9.77. The van der Waals surface area contributed by atoms with E-state index in [0.29, 0.717) is 10.9 Å². The van der Waals surface area contributed by atoms with E-state index in [0.717, 1.165) is 47.9 Å². The lowest BCUT2D eigenvalue weighted by molar-refractivity contribution is 0.424. The summed E-state index contributed by atoms with van der Waals surface area (Å²) in [6.07, 6.45) is 3.41. The van der Waals surface area contributed by atoms with Gasteiger partial charge in [-0.25, -0.2) is 0 Å². The van der Waals surface area contributed by atoms with Gasteiger partial charge in [0.1, 0.15) is 0 Å². The van der Waals surface area contributed by atoms with Crippen LogP contribution in [-0.2, 0) is 19.3 Å². The Morgan fingerprint density at radius 2 is 1.21 bits per heavy atom. The van der Waals surface area contributed by atoms with Gasteiger partial charge in [0.05, 0.1) is 0 Å². The second-order valence-corrected chi connectivity index (χ2v) is 6.29. The van der Waals surface area contributed by atoms with Crippen molar-refractivity contribution in [2.75, 3.05) is 0 Å². The predicted octanol–water partition coefficient (Wildman–Crippen LogP) is 0.0923. The smallest absolute Gasteiger partial charge is 0.423 e. The standard InChI is InChI=1S/C18H24B2O4/c1-3-14-9-16(12-18(10-14)20(23)24)6-4-5-15-7-13(2)8-17(11-15)19(21)22/h7-12,21-24H,3-6H2,1-2H3. The molecule has 0 fully saturated rings. The molecule has 0 radical (unpaired) electrons. The van der Waals surface area contributed by atoms with Crippen LogP contribution in [0.3, 0.4) is 0 Å². The van der Waals surface area contributed by atoms with Gasteiger partial charge in [0, 0.05) is 0 Å². The molecule has 2 aromatic carbocycles. The van der Waals surface area contributed by atoms with E-state index >= 15 is 0 Å². The van der Waals surface area contributed by atoms with Gasteiger partial charge >= 0.3 is 14.2 Å². The first-order valence-corrected chi connectivity index (χ1v) is 8.34. The third-order valence-corrected chi connectivity index (χ3v) is 4.17. The average Bonchev–Trinajstić information content (AvgIpc) is 2.54. The molecule has 0 amide bonds. The maximum absolute atomic E-state index is 9.39. The zero-order valence-electron chi connectivity index (χ0n) is 14.2. The van der Waals surface area contributed by atoms with Crippen LogP contribution in [0.5, 0.6) is 0 Å². The van der Waals surface area contributed by atoms with Crippen molar-refractivity contribution in [3.63, 3.8) is 0 Å². The SMILES string of the molecule is CCc1cc(CCCc2cc(C)cc(B(O)O)c2)cc(B(O)O)c1. The summed E-state index contributed by atoms with van der Waals surface area (Å²) in [4.78, 5) is 0. The van der Waals surface area contributed by atoms with Crippen LogP contribution in [0.4, 0.5) is 0 Å². The highest BCUT2D eigenvalue weighted by Crippen LogP contribution is 2.11. The zero-order valence-corrected chi connectivity index (χ0v) is 14.2. The zero-order chi connectivity index (χ0) is 17.7. The van der Waals surface area contributed by atoms with Crippen molar-refractivity contribution in [3.8, 4) is 0 Å². The van der Waals surface area contributed by atoms with E-state index < -0.39 is 14.2 Å². The number of aryl methyl sites for hydroxylation is 4. The fourth-order valence-corrected chi connectivity index (χ4v) is 2.97. The Morgan fingerprint density at radius 1 is 0.708 bits per heavy atom. The van der Waals surface area contributed by atoms with Gasteiger partial charge in [-0.1, -0.05) is 48.9 Å². The molecule has 4 nitrogen and oxygen atoms in total. The highest BCUT2D eigenvalue weighted by Gasteiger charge is 2.14. The van der Waals surface area contributed by atoms with Gasteiger partial charge in [-0.3, -0.25) is 0 Å². The average molecular weight is 326 g/mol. The maximum atomic E-state index is 9.39. The van der Waals surface area contributed by atoms with E-state index in [9.17, 15) is 20.1 Å². The third kappa shape index (κ3) is 5.21. The lowest BCUT2D eigenvalue weighted by Gasteiger charge is -2.10. The van der Waals surface area contributed by atoms with E-state index in [1.807, 2.05) is 32.0 Å². The molecule has 0 aromatic heterocycles. The fourth-order valence-electron chi connectivity index (χ4n) is 2.97. The van der Waals surface area contributed by atoms with Crippen molar-refractivity contribution in [2.45, 2.75) is 39.5 Å². The minimum atomic E-state index is -1.45. The summed E-state index contributed by atoms with van der Waals surface area (Å²) >= 11 is 0. The van der Waals surface area contributed by atoms with Crippen molar-refractivity contribution in [1.29, 1.82) is 0 Å². The summed E-state index contributed by atoms with van der Waals surface area (Å²) in [5.74, 6) is 0. The molecule has 0 unspecified atom stereocenters. The normalized spacial score (nSPS) is 10.8. The van der Waals surface area contributed by atoms with Crippen molar-refractivity contribution in [1.82, 2.24) is 0 Å². The summed E-state index contributed by atoms with van der Waals surface area (Å²) in [7, 11) is -2.89. The lowest BCUT2D eigenvalue weighted by Crippen LogP contribution is -2.30. The molecule has 4 N–H and O–H groups in total. The largest absolute Gasteiger partial charge is 0.488 e. The molecule has 0 aliphatic heterocycles. The van der Waals surface area contributed by atoms with Gasteiger partial charge in [0.15, 0.2) is 0 Å². The van der Waals surface area contributed by atoms with E-state index in [1.165, 1.54) is 0 Å². The molecule has 2 rings (SSSR count). The van der Waals surface area contributed by atoms with E-state index in [2.05, 4.69) is 12.1 Å². The predicted molar refractivity (Wildman–Crippen MR) is 98.7 cm³/mol. The quantitative estimate of drug-likeness (QED) is 0.544. The first-order chi connectivity index (χ1) is 11.4. The molecule has 0 aliphatic carbocycles. The Hall–Kier alpha value is -1.59. The van der Waals surface area contributed by atoms with Crippen LogP contribution in [-0.4, -0.2) is 34.3 Å². The molecule has 24 heavy (non-hydrogen) atoms. The molecular formula is C18H24B2O4. The summed E-state index contributed by atoms with van der Waals surface area (Å²) in [6.45, 7) is 3.98. The minimum absolute atomic E-state index is 0.517. The molecule has 0 spiro atoms. The summed E-state index contributed by atoms with van der Waals surface area (Å²) in [5.41, 5.74) is 5.32. The Balaban J connectivity index is 2.05. The molecule has 6 heteroatoms. The summed E-state index contributed by atoms with van der Waals surface area (Å²) in [6, 6.07) is 11.4. The van der Waals surface area contributed by atoms with Crippen molar-refractivity contribution < 1.29 is 20.1 Å². The summed E-state index contributed by atoms with van der Waals surface area (Å²) in [5, 5.41) is 37.4. The van der Waals surface area contributed by atoms with E-state index in [1.54, 1.807) is 6.07 Å². The number of hydrogen-bond acceptors (Lipinski definition) is 4. The molecule has 0 saturated carbocycles. The first kappa shape index (κ1) is 18.7. The van der Waals surface area contributed by atoms with Gasteiger partial charge in [0.25, 0.3) is 0 Å². The monoisotopic (exact) mass is 326 g/mol. The van der Waals surface area contributed by atoms with E-state index in [-0.39, 0.29) is 0 Å². The molecule has 0 bridgehead atoms. The van der Waals surface area contributed by atoms with Crippen LogP contribution >= 0.6 is 0 Å². The highest BCUT2D eigenvalue weighted by molar-refractivity contribution is 6.59. The van der Waals surface area contributed by atoms with Crippen LogP contribution in [0.2, 0.25) is 0 Å². The number of benzene rings is 2. The minimum Gasteiger partial charge on any atom is -0.423 e. The van der Waals surface area contributed by atoms with Crippen LogP contribution < -0.4 is 10.9 Å². The molecule has 0 saturated heterocycles. The van der Waals surface area contributed by atoms with Gasteiger partial charge in [-0.2, -0.15) is 0 Å². The molecule has 0 aliphatic rings. The molecule has 0 atom stereocenters. The van der Waals surface area contributed by atoms with Crippen LogP contribution in [0.25, 0.3) is 0 Å². The van der Waals surface area contributed by atoms with Crippen molar-refractivity contribution >= 4 is 25.2 Å². The van der Waals surface area contributed by atoms with Gasteiger partial charge in [0.2, 0.25) is 0 Å². The Morgan fingerprint density at radius 3 is 1.75 bits per heavy atom. The fraction of sp³-hybridized carbons (Fsp3) is 0.333. The van der Waals surface area contributed by atoms with Gasteiger partial charge < -0.3 is 20.1 Å². The van der Waals surface area contributed by atoms with Gasteiger partial charge in [-0.15, -0.1) is 0 Å². The first-order valence-electron chi connectivity index (χ1n) is 8.34. The molecular weight excluding hydrogens is 302 g/mol. The van der Waals surface area contributed by atoms with Crippen LogP contribution in [0, 0.1) is 6.92 Å². The van der Waals surface area contributed by atoms with E-state index in [4.69, 9.17) is 0 Å². The second-order valence-electron chi connectivity index (χ2n) is 6.29. The Labute approximate surface area is 144 Å². The molecule has 126 valence electrons. The second kappa shape index (κ2) is 8.49. The van der Waals surface area contributed by atoms with Gasteiger partial charge in [-0.05, 0) is 60.2 Å². The maximum Gasteiger partial charge on any atom is 0.488 e. The third-order valence-electron chi connectivity index (χ3n) is 4.17. The highest BCUT2D eigenvalue weighted by atomic mass is 16.4. The topological polar surface area (TPSA) is 80.9 Å². The Kier molecular flexibility index (Phi) is 6.63. The van der Waals surface area contributed by atoms with Crippen molar-refractivity contribution in [2.24, 2.45) is 0 Å². The van der Waals surface area contributed by atoms with Crippen LogP contribution in [0.1, 0.15) is 35.6 Å². The number of hydrogen-bond donors (Lipinski definition) is 4. The molecule has 0 heterocycles. The van der Waals surface area contributed by atoms with Crippen molar-refractivity contribution in [3.05, 3.63) is 58.7 Å².